The van der Waals surface area contributed by atoms with E-state index in [4.69, 9.17) is 14.2 Å². The third-order valence-electron chi connectivity index (χ3n) is 3.30. The fourth-order valence-corrected chi connectivity index (χ4v) is 2.10. The molecule has 1 aromatic rings. The van der Waals surface area contributed by atoms with Crippen LogP contribution in [-0.2, 0) is 25.4 Å². The summed E-state index contributed by atoms with van der Waals surface area (Å²) in [5.41, 5.74) is 1.11. The lowest BCUT2D eigenvalue weighted by molar-refractivity contribution is -0.207. The standard InChI is InChI=1S/C16H22O5/c1-3-8-19-14-6-4-12(5-7-14)9-15-20-10-13(11-21-15)16(17)18-2/h4-7,13,15H,3,8-11H2,1-2H3. The van der Waals surface area contributed by atoms with E-state index < -0.39 is 0 Å². The molecule has 1 saturated heterocycles. The molecule has 0 bridgehead atoms. The van der Waals surface area contributed by atoms with E-state index in [1.54, 1.807) is 0 Å². The number of esters is 1. The van der Waals surface area contributed by atoms with E-state index in [0.717, 1.165) is 24.3 Å². The summed E-state index contributed by atoms with van der Waals surface area (Å²) in [7, 11) is 1.37. The maximum Gasteiger partial charge on any atom is 0.313 e. The smallest absolute Gasteiger partial charge is 0.313 e. The van der Waals surface area contributed by atoms with Crippen LogP contribution in [0.3, 0.4) is 0 Å². The minimum Gasteiger partial charge on any atom is -0.494 e. The molecule has 0 N–H and O–H groups in total. The molecule has 0 saturated carbocycles. The SMILES string of the molecule is CCCOc1ccc(CC2OCC(C(=O)OC)CO2)cc1. The molecule has 1 fully saturated rings. The third-order valence-corrected chi connectivity index (χ3v) is 3.30. The predicted molar refractivity (Wildman–Crippen MR) is 77.1 cm³/mol. The average molecular weight is 294 g/mol. The number of rotatable bonds is 6. The Morgan fingerprint density at radius 3 is 2.48 bits per heavy atom. The highest BCUT2D eigenvalue weighted by atomic mass is 16.7. The summed E-state index contributed by atoms with van der Waals surface area (Å²) < 4.78 is 21.3. The zero-order valence-electron chi connectivity index (χ0n) is 12.5. The van der Waals surface area contributed by atoms with E-state index in [2.05, 4.69) is 11.7 Å². The molecule has 1 aliphatic rings. The van der Waals surface area contributed by atoms with Gasteiger partial charge in [0, 0.05) is 6.42 Å². The first kappa shape index (κ1) is 15.8. The number of methoxy groups -OCH3 is 1. The van der Waals surface area contributed by atoms with Crippen LogP contribution < -0.4 is 4.74 Å². The van der Waals surface area contributed by atoms with Crippen molar-refractivity contribution in [2.24, 2.45) is 5.92 Å². The molecule has 116 valence electrons. The van der Waals surface area contributed by atoms with E-state index in [9.17, 15) is 4.79 Å². The van der Waals surface area contributed by atoms with Crippen LogP contribution in [0.15, 0.2) is 24.3 Å². The Balaban J connectivity index is 1.79. The summed E-state index contributed by atoms with van der Waals surface area (Å²) >= 11 is 0. The van der Waals surface area contributed by atoms with E-state index in [-0.39, 0.29) is 18.2 Å². The first-order valence-corrected chi connectivity index (χ1v) is 7.25. The first-order chi connectivity index (χ1) is 10.2. The van der Waals surface area contributed by atoms with Gasteiger partial charge in [-0.05, 0) is 24.1 Å². The molecule has 1 aliphatic heterocycles. The van der Waals surface area contributed by atoms with E-state index >= 15 is 0 Å². The van der Waals surface area contributed by atoms with Crippen LogP contribution in [0.2, 0.25) is 0 Å². The number of benzene rings is 1. The van der Waals surface area contributed by atoms with Gasteiger partial charge in [0.05, 0.1) is 26.9 Å². The fourth-order valence-electron chi connectivity index (χ4n) is 2.10. The van der Waals surface area contributed by atoms with Gasteiger partial charge in [-0.25, -0.2) is 0 Å². The summed E-state index contributed by atoms with van der Waals surface area (Å²) in [5.74, 6) is 0.263. The third kappa shape index (κ3) is 4.72. The molecule has 2 rings (SSSR count). The number of carbonyl (C=O) groups excluding carboxylic acids is 1. The number of ether oxygens (including phenoxy) is 4. The van der Waals surface area contributed by atoms with E-state index in [0.29, 0.717) is 19.6 Å². The van der Waals surface area contributed by atoms with E-state index in [1.165, 1.54) is 7.11 Å². The van der Waals surface area contributed by atoms with Crippen molar-refractivity contribution < 1.29 is 23.7 Å². The molecule has 5 nitrogen and oxygen atoms in total. The molecule has 21 heavy (non-hydrogen) atoms. The molecule has 0 spiro atoms. The Hall–Kier alpha value is -1.59. The highest BCUT2D eigenvalue weighted by Gasteiger charge is 2.28. The largest absolute Gasteiger partial charge is 0.494 e. The molecule has 5 heteroatoms. The summed E-state index contributed by atoms with van der Waals surface area (Å²) in [6, 6.07) is 7.91. The van der Waals surface area contributed by atoms with Crippen LogP contribution >= 0.6 is 0 Å². The number of hydrogen-bond donors (Lipinski definition) is 0. The predicted octanol–water partition coefficient (Wildman–Crippen LogP) is 2.18. The van der Waals surface area contributed by atoms with Crippen LogP contribution in [0.5, 0.6) is 5.75 Å². The highest BCUT2D eigenvalue weighted by molar-refractivity contribution is 5.72. The Kier molecular flexibility index (Phi) is 6.02. The lowest BCUT2D eigenvalue weighted by atomic mass is 10.1. The van der Waals surface area contributed by atoms with Crippen molar-refractivity contribution in [3.63, 3.8) is 0 Å². The van der Waals surface area contributed by atoms with Crippen molar-refractivity contribution in [1.82, 2.24) is 0 Å². The molecular formula is C16H22O5. The van der Waals surface area contributed by atoms with Crippen molar-refractivity contribution in [3.05, 3.63) is 29.8 Å². The maximum absolute atomic E-state index is 11.4. The van der Waals surface area contributed by atoms with Gasteiger partial charge in [-0.3, -0.25) is 4.79 Å². The summed E-state index contributed by atoms with van der Waals surface area (Å²) in [5, 5.41) is 0. The van der Waals surface area contributed by atoms with Gasteiger partial charge in [0.25, 0.3) is 0 Å². The van der Waals surface area contributed by atoms with Gasteiger partial charge in [0.1, 0.15) is 11.7 Å². The molecule has 1 aromatic carbocycles. The molecule has 0 amide bonds. The van der Waals surface area contributed by atoms with Crippen LogP contribution in [0, 0.1) is 5.92 Å². The number of hydrogen-bond acceptors (Lipinski definition) is 5. The quantitative estimate of drug-likeness (QED) is 0.753. The van der Waals surface area contributed by atoms with Gasteiger partial charge >= 0.3 is 5.97 Å². The Bertz CT molecular complexity index is 434. The lowest BCUT2D eigenvalue weighted by Gasteiger charge is -2.28. The zero-order valence-corrected chi connectivity index (χ0v) is 12.5. The van der Waals surface area contributed by atoms with Crippen molar-refractivity contribution in [2.75, 3.05) is 26.9 Å². The minimum absolute atomic E-state index is 0.286. The van der Waals surface area contributed by atoms with Gasteiger partial charge in [-0.1, -0.05) is 19.1 Å². The van der Waals surface area contributed by atoms with Crippen LogP contribution in [0.25, 0.3) is 0 Å². The molecule has 0 aliphatic carbocycles. The van der Waals surface area contributed by atoms with Crippen LogP contribution in [-0.4, -0.2) is 39.2 Å². The second kappa shape index (κ2) is 8.00. The monoisotopic (exact) mass is 294 g/mol. The van der Waals surface area contributed by atoms with Crippen LogP contribution in [0.4, 0.5) is 0 Å². The van der Waals surface area contributed by atoms with Crippen molar-refractivity contribution in [2.45, 2.75) is 26.1 Å². The van der Waals surface area contributed by atoms with Gasteiger partial charge in [-0.15, -0.1) is 0 Å². The maximum atomic E-state index is 11.4. The normalized spacial score (nSPS) is 21.8. The topological polar surface area (TPSA) is 54.0 Å². The molecular weight excluding hydrogens is 272 g/mol. The van der Waals surface area contributed by atoms with Gasteiger partial charge in [0.2, 0.25) is 0 Å². The van der Waals surface area contributed by atoms with Crippen LogP contribution in [0.1, 0.15) is 18.9 Å². The average Bonchev–Trinajstić information content (AvgIpc) is 2.54. The summed E-state index contributed by atoms with van der Waals surface area (Å²) in [6.07, 6.45) is 1.34. The molecule has 0 aromatic heterocycles. The molecule has 0 unspecified atom stereocenters. The van der Waals surface area contributed by atoms with Gasteiger partial charge in [0.15, 0.2) is 6.29 Å². The second-order valence-electron chi connectivity index (χ2n) is 5.01. The zero-order chi connectivity index (χ0) is 15.1. The van der Waals surface area contributed by atoms with Gasteiger partial charge in [-0.2, -0.15) is 0 Å². The number of carbonyl (C=O) groups is 1. The Morgan fingerprint density at radius 1 is 1.24 bits per heavy atom. The first-order valence-electron chi connectivity index (χ1n) is 7.25. The Labute approximate surface area is 125 Å². The van der Waals surface area contributed by atoms with Gasteiger partial charge < -0.3 is 18.9 Å². The fraction of sp³-hybridized carbons (Fsp3) is 0.562. The molecule has 0 atom stereocenters. The minimum atomic E-state index is -0.323. The molecule has 0 radical (unpaired) electrons. The highest BCUT2D eigenvalue weighted by Crippen LogP contribution is 2.18. The van der Waals surface area contributed by atoms with Crippen molar-refractivity contribution in [3.8, 4) is 5.75 Å². The Morgan fingerprint density at radius 2 is 1.90 bits per heavy atom. The van der Waals surface area contributed by atoms with E-state index in [1.807, 2.05) is 24.3 Å². The summed E-state index contributed by atoms with van der Waals surface area (Å²) in [4.78, 5) is 11.4. The van der Waals surface area contributed by atoms with Crippen molar-refractivity contribution in [1.29, 1.82) is 0 Å². The summed E-state index contributed by atoms with van der Waals surface area (Å²) in [6.45, 7) is 3.49. The second-order valence-corrected chi connectivity index (χ2v) is 5.01. The lowest BCUT2D eigenvalue weighted by Crippen LogP contribution is -2.37. The molecule has 1 heterocycles. The van der Waals surface area contributed by atoms with Crippen molar-refractivity contribution >= 4 is 5.97 Å².